The van der Waals surface area contributed by atoms with Crippen LogP contribution >= 0.6 is 15.2 Å². The van der Waals surface area contributed by atoms with Crippen molar-refractivity contribution in [1.29, 1.82) is 0 Å². The maximum Gasteiger partial charge on any atom is 0.377 e. The molecule has 0 aliphatic carbocycles. The summed E-state index contributed by atoms with van der Waals surface area (Å²) in [5.74, 6) is 1.47. The van der Waals surface area contributed by atoms with E-state index in [4.69, 9.17) is 18.1 Å². The van der Waals surface area contributed by atoms with Crippen LogP contribution in [0.4, 0.5) is 5.82 Å². The first-order chi connectivity index (χ1) is 11.9. The highest BCUT2D eigenvalue weighted by molar-refractivity contribution is 7.62. The Morgan fingerprint density at radius 2 is 1.64 bits per heavy atom. The number of aromatic nitrogens is 1. The van der Waals surface area contributed by atoms with E-state index in [9.17, 15) is 9.13 Å². The van der Waals surface area contributed by atoms with E-state index in [1.165, 1.54) is 28.4 Å². The molecule has 0 bridgehead atoms. The van der Waals surface area contributed by atoms with Crippen molar-refractivity contribution in [3.05, 3.63) is 47.8 Å². The lowest BCUT2D eigenvalue weighted by atomic mass is 10.1. The second kappa shape index (κ2) is 8.23. The molecule has 1 aromatic heterocycles. The Kier molecular flexibility index (Phi) is 6.52. The van der Waals surface area contributed by atoms with Crippen molar-refractivity contribution in [2.45, 2.75) is 0 Å². The number of benzene rings is 1. The number of rotatable bonds is 8. The third-order valence-electron chi connectivity index (χ3n) is 3.49. The first kappa shape index (κ1) is 19.8. The van der Waals surface area contributed by atoms with E-state index in [2.05, 4.69) is 10.3 Å². The van der Waals surface area contributed by atoms with E-state index in [1.807, 2.05) is 30.3 Å². The number of nitrogens with zero attached hydrogens (tertiary/aromatic N) is 1. The van der Waals surface area contributed by atoms with Crippen LogP contribution in [-0.4, -0.2) is 33.4 Å². The lowest BCUT2D eigenvalue weighted by molar-refractivity contribution is 0.279. The number of pyridine rings is 1. The van der Waals surface area contributed by atoms with Crippen molar-refractivity contribution in [1.82, 2.24) is 4.98 Å². The van der Waals surface area contributed by atoms with E-state index >= 15 is 0 Å². The van der Waals surface area contributed by atoms with Gasteiger partial charge in [0.2, 0.25) is 0 Å². The average Bonchev–Trinajstić information content (AvgIpc) is 2.67. The fourth-order valence-electron chi connectivity index (χ4n) is 2.11. The monoisotopic (exact) mass is 386 g/mol. The molecule has 0 aliphatic heterocycles. The molecule has 0 spiro atoms. The Hall–Kier alpha value is -1.53. The van der Waals surface area contributed by atoms with Crippen molar-refractivity contribution in [3.63, 3.8) is 0 Å². The predicted molar refractivity (Wildman–Crippen MR) is 96.7 cm³/mol. The van der Waals surface area contributed by atoms with Crippen molar-refractivity contribution >= 4 is 31.8 Å². The minimum atomic E-state index is -3.78. The number of fused-ring (bicyclic) bond motifs is 1. The van der Waals surface area contributed by atoms with E-state index < -0.39 is 15.2 Å². The summed E-state index contributed by atoms with van der Waals surface area (Å²) in [5, 5.41) is 4.59. The second-order valence-corrected chi connectivity index (χ2v) is 9.06. The summed E-state index contributed by atoms with van der Waals surface area (Å²) in [4.78, 5) is 4.25. The van der Waals surface area contributed by atoms with Gasteiger partial charge in [-0.25, -0.2) is 4.98 Å². The van der Waals surface area contributed by atoms with Gasteiger partial charge in [-0.2, -0.15) is 0 Å². The SMILES string of the molecule is COP(=O)(/C=C(\Nc1nccc2ccccc12)P(=O)(OC)OC)OC. The zero-order valence-electron chi connectivity index (χ0n) is 14.3. The minimum Gasteiger partial charge on any atom is -0.333 e. The quantitative estimate of drug-likeness (QED) is 0.666. The van der Waals surface area contributed by atoms with Gasteiger partial charge in [0.25, 0.3) is 0 Å². The van der Waals surface area contributed by atoms with Crippen LogP contribution in [0.1, 0.15) is 0 Å². The van der Waals surface area contributed by atoms with Gasteiger partial charge in [0.05, 0.1) is 5.82 Å². The molecule has 2 rings (SSSR count). The first-order valence-electron chi connectivity index (χ1n) is 7.18. The van der Waals surface area contributed by atoms with E-state index in [1.54, 1.807) is 6.20 Å². The van der Waals surface area contributed by atoms with Gasteiger partial charge >= 0.3 is 15.2 Å². The Balaban J connectivity index is 2.59. The summed E-state index contributed by atoms with van der Waals surface area (Å²) in [6, 6.07) is 9.33. The summed E-state index contributed by atoms with van der Waals surface area (Å²) in [5.41, 5.74) is -0.0895. The molecular formula is C15H20N2O6P2. The second-order valence-electron chi connectivity index (χ2n) is 4.79. The van der Waals surface area contributed by atoms with Crippen LogP contribution < -0.4 is 5.32 Å². The summed E-state index contributed by atoms with van der Waals surface area (Å²) in [7, 11) is -2.53. The minimum absolute atomic E-state index is 0.0895. The summed E-state index contributed by atoms with van der Waals surface area (Å²) < 4.78 is 45.1. The Morgan fingerprint density at radius 1 is 1.00 bits per heavy atom. The molecule has 25 heavy (non-hydrogen) atoms. The molecule has 0 aliphatic rings. The van der Waals surface area contributed by atoms with Crippen molar-refractivity contribution in [3.8, 4) is 0 Å². The smallest absolute Gasteiger partial charge is 0.333 e. The molecule has 136 valence electrons. The van der Waals surface area contributed by atoms with Crippen LogP contribution in [0.3, 0.4) is 0 Å². The highest BCUT2D eigenvalue weighted by atomic mass is 31.2. The first-order valence-corrected chi connectivity index (χ1v) is 10.3. The fraction of sp³-hybridized carbons (Fsp3) is 0.267. The molecule has 8 nitrogen and oxygen atoms in total. The van der Waals surface area contributed by atoms with Crippen LogP contribution in [-0.2, 0) is 27.2 Å². The molecule has 0 unspecified atom stereocenters. The Morgan fingerprint density at radius 3 is 2.24 bits per heavy atom. The van der Waals surface area contributed by atoms with Crippen molar-refractivity contribution in [2.75, 3.05) is 33.8 Å². The highest BCUT2D eigenvalue weighted by Gasteiger charge is 2.33. The number of hydrogen-bond donors (Lipinski definition) is 1. The van der Waals surface area contributed by atoms with Gasteiger partial charge in [0.1, 0.15) is 11.3 Å². The Bertz CT molecular complexity index is 849. The maximum atomic E-state index is 12.9. The highest BCUT2D eigenvalue weighted by Crippen LogP contribution is 2.60. The van der Waals surface area contributed by atoms with Crippen molar-refractivity contribution in [2.24, 2.45) is 0 Å². The molecule has 0 atom stereocenters. The normalized spacial score (nSPS) is 13.2. The van der Waals surface area contributed by atoms with Gasteiger partial charge in [-0.3, -0.25) is 9.13 Å². The average molecular weight is 386 g/mol. The lowest BCUT2D eigenvalue weighted by Crippen LogP contribution is -2.06. The van der Waals surface area contributed by atoms with Gasteiger partial charge in [-0.05, 0) is 11.5 Å². The molecule has 0 saturated heterocycles. The molecule has 0 saturated carbocycles. The summed E-state index contributed by atoms with van der Waals surface area (Å²) in [6.07, 6.45) is 1.60. The van der Waals surface area contributed by atoms with Crippen LogP contribution in [0.5, 0.6) is 0 Å². The molecule has 1 heterocycles. The molecule has 0 fully saturated rings. The third kappa shape index (κ3) is 4.36. The van der Waals surface area contributed by atoms with Gasteiger partial charge in [0.15, 0.2) is 0 Å². The van der Waals surface area contributed by atoms with Crippen LogP contribution in [0.2, 0.25) is 0 Å². The zero-order valence-corrected chi connectivity index (χ0v) is 16.1. The molecule has 1 aromatic carbocycles. The number of hydrogen-bond acceptors (Lipinski definition) is 8. The number of nitrogens with one attached hydrogen (secondary N) is 1. The third-order valence-corrected chi connectivity index (χ3v) is 7.07. The van der Waals surface area contributed by atoms with Gasteiger partial charge < -0.3 is 23.4 Å². The molecule has 1 N–H and O–H groups in total. The van der Waals surface area contributed by atoms with Gasteiger partial charge in [-0.1, -0.05) is 24.3 Å². The lowest BCUT2D eigenvalue weighted by Gasteiger charge is -2.20. The van der Waals surface area contributed by atoms with E-state index in [-0.39, 0.29) is 5.44 Å². The topological polar surface area (TPSA) is 96.0 Å². The van der Waals surface area contributed by atoms with Gasteiger partial charge in [0, 0.05) is 40.0 Å². The van der Waals surface area contributed by atoms with Crippen LogP contribution in [0.15, 0.2) is 47.8 Å². The maximum absolute atomic E-state index is 12.9. The van der Waals surface area contributed by atoms with Crippen molar-refractivity contribution < 1.29 is 27.2 Å². The molecule has 0 radical (unpaired) electrons. The summed E-state index contributed by atoms with van der Waals surface area (Å²) >= 11 is 0. The Labute approximate surface area is 146 Å². The molecule has 2 aromatic rings. The van der Waals surface area contributed by atoms with E-state index in [0.717, 1.165) is 16.6 Å². The molecular weight excluding hydrogens is 366 g/mol. The molecule has 10 heteroatoms. The van der Waals surface area contributed by atoms with Gasteiger partial charge in [-0.15, -0.1) is 0 Å². The van der Waals surface area contributed by atoms with E-state index in [0.29, 0.717) is 5.82 Å². The fourth-order valence-corrected chi connectivity index (χ4v) is 4.61. The zero-order chi connectivity index (χ0) is 18.5. The largest absolute Gasteiger partial charge is 0.377 e. The van der Waals surface area contributed by atoms with Crippen LogP contribution in [0, 0.1) is 0 Å². The molecule has 0 amide bonds. The summed E-state index contributed by atoms with van der Waals surface area (Å²) in [6.45, 7) is 0. The number of anilines is 1. The van der Waals surface area contributed by atoms with Crippen LogP contribution in [0.25, 0.3) is 10.8 Å². The standard InChI is InChI=1S/C15H20N2O6P2/c1-20-24(18,21-2)11-14(25(19,22-3)23-4)17-15-13-8-6-5-7-12(13)9-10-16-15/h5-11H,1-4H3,(H,16,17)/b14-11+. The predicted octanol–water partition coefficient (Wildman–Crippen LogP) is 4.42.